The first-order valence-corrected chi connectivity index (χ1v) is 8.97. The van der Waals surface area contributed by atoms with Gasteiger partial charge in [-0.15, -0.1) is 0 Å². The second-order valence-corrected chi connectivity index (χ2v) is 6.49. The summed E-state index contributed by atoms with van der Waals surface area (Å²) >= 11 is 0. The number of carbonyl (C=O) groups is 2. The van der Waals surface area contributed by atoms with Gasteiger partial charge in [0.1, 0.15) is 11.5 Å². The minimum atomic E-state index is -0.312. The average Bonchev–Trinajstić information content (AvgIpc) is 2.71. The summed E-state index contributed by atoms with van der Waals surface area (Å²) in [6.07, 6.45) is 0. The maximum atomic E-state index is 13.2. The molecule has 2 N–H and O–H groups in total. The molecule has 1 aliphatic carbocycles. The van der Waals surface area contributed by atoms with Gasteiger partial charge < -0.3 is 19.7 Å². The zero-order chi connectivity index (χ0) is 20.3. The molecular formula is C21H23NO6. The van der Waals surface area contributed by atoms with Crippen molar-refractivity contribution in [1.82, 2.24) is 4.90 Å². The van der Waals surface area contributed by atoms with Crippen LogP contribution in [0.15, 0.2) is 30.3 Å². The molecule has 28 heavy (non-hydrogen) atoms. The Morgan fingerprint density at radius 2 is 1.50 bits per heavy atom. The van der Waals surface area contributed by atoms with Crippen LogP contribution in [0.25, 0.3) is 0 Å². The van der Waals surface area contributed by atoms with Crippen molar-refractivity contribution in [1.29, 1.82) is 0 Å². The highest BCUT2D eigenvalue weighted by Crippen LogP contribution is 2.38. The van der Waals surface area contributed by atoms with Gasteiger partial charge in [-0.05, 0) is 23.8 Å². The number of fused-ring (bicyclic) bond motifs is 2. The Hall–Kier alpha value is -2.74. The normalized spacial score (nSPS) is 12.8. The SMILES string of the molecule is COc1cccc2c1C(=O)c1c(OC)cc(CN(CCO)CCO)cc1C2=O. The number of hydrogen-bond donors (Lipinski definition) is 2. The molecule has 0 heterocycles. The number of methoxy groups -OCH3 is 2. The fraction of sp³-hybridized carbons (Fsp3) is 0.333. The summed E-state index contributed by atoms with van der Waals surface area (Å²) in [5.74, 6) is 0.0904. The van der Waals surface area contributed by atoms with Gasteiger partial charge in [0.25, 0.3) is 0 Å². The molecule has 7 nitrogen and oxygen atoms in total. The number of aliphatic hydroxyl groups excluding tert-OH is 2. The Kier molecular flexibility index (Phi) is 6.08. The van der Waals surface area contributed by atoms with Crippen LogP contribution in [-0.4, -0.2) is 67.2 Å². The average molecular weight is 385 g/mol. The van der Waals surface area contributed by atoms with Gasteiger partial charge in [0.2, 0.25) is 5.78 Å². The number of rotatable bonds is 8. The number of carbonyl (C=O) groups excluding carboxylic acids is 2. The van der Waals surface area contributed by atoms with E-state index in [0.717, 1.165) is 5.56 Å². The molecule has 0 radical (unpaired) electrons. The Bertz CT molecular complexity index is 902. The number of nitrogens with zero attached hydrogens (tertiary/aromatic N) is 1. The van der Waals surface area contributed by atoms with Crippen LogP contribution >= 0.6 is 0 Å². The number of aliphatic hydroxyl groups is 2. The second-order valence-electron chi connectivity index (χ2n) is 6.49. The lowest BCUT2D eigenvalue weighted by Gasteiger charge is -2.24. The maximum absolute atomic E-state index is 13.2. The van der Waals surface area contributed by atoms with Gasteiger partial charge >= 0.3 is 0 Å². The molecule has 0 saturated carbocycles. The number of benzene rings is 2. The molecule has 0 aromatic heterocycles. The Morgan fingerprint density at radius 1 is 0.857 bits per heavy atom. The monoisotopic (exact) mass is 385 g/mol. The van der Waals surface area contributed by atoms with Gasteiger partial charge in [-0.2, -0.15) is 0 Å². The van der Waals surface area contributed by atoms with E-state index in [1.165, 1.54) is 14.2 Å². The third kappa shape index (κ3) is 3.52. The highest BCUT2D eigenvalue weighted by molar-refractivity contribution is 6.30. The molecule has 7 heteroatoms. The Labute approximate surface area is 163 Å². The van der Waals surface area contributed by atoms with E-state index in [1.807, 2.05) is 4.90 Å². The van der Waals surface area contributed by atoms with E-state index < -0.39 is 0 Å². The van der Waals surface area contributed by atoms with E-state index in [4.69, 9.17) is 9.47 Å². The third-order valence-corrected chi connectivity index (χ3v) is 4.81. The molecular weight excluding hydrogens is 362 g/mol. The topological polar surface area (TPSA) is 96.3 Å². The van der Waals surface area contributed by atoms with Crippen LogP contribution in [-0.2, 0) is 6.54 Å². The highest BCUT2D eigenvalue weighted by Gasteiger charge is 2.35. The summed E-state index contributed by atoms with van der Waals surface area (Å²) in [6.45, 7) is 1.07. The van der Waals surface area contributed by atoms with Crippen molar-refractivity contribution in [3.05, 3.63) is 58.1 Å². The van der Waals surface area contributed by atoms with E-state index in [2.05, 4.69) is 0 Å². The predicted molar refractivity (Wildman–Crippen MR) is 102 cm³/mol. The summed E-state index contributed by atoms with van der Waals surface area (Å²) < 4.78 is 10.7. The van der Waals surface area contributed by atoms with Crippen LogP contribution in [0.4, 0.5) is 0 Å². The minimum Gasteiger partial charge on any atom is -0.496 e. The summed E-state index contributed by atoms with van der Waals surface area (Å²) in [6, 6.07) is 8.34. The van der Waals surface area contributed by atoms with Gasteiger partial charge in [-0.3, -0.25) is 14.5 Å². The van der Waals surface area contributed by atoms with Gasteiger partial charge in [-0.1, -0.05) is 12.1 Å². The smallest absolute Gasteiger partial charge is 0.201 e. The molecule has 148 valence electrons. The third-order valence-electron chi connectivity index (χ3n) is 4.81. The van der Waals surface area contributed by atoms with Crippen LogP contribution in [0.1, 0.15) is 37.4 Å². The first-order valence-electron chi connectivity index (χ1n) is 8.97. The fourth-order valence-corrected chi connectivity index (χ4v) is 3.54. The predicted octanol–water partition coefficient (Wildman–Crippen LogP) is 1.27. The zero-order valence-electron chi connectivity index (χ0n) is 15.9. The molecule has 1 aliphatic rings. The van der Waals surface area contributed by atoms with Crippen LogP contribution in [0.3, 0.4) is 0 Å². The van der Waals surface area contributed by atoms with Crippen molar-refractivity contribution in [2.45, 2.75) is 6.54 Å². The van der Waals surface area contributed by atoms with Crippen LogP contribution in [0, 0.1) is 0 Å². The lowest BCUT2D eigenvalue weighted by molar-refractivity contribution is 0.0973. The molecule has 2 aromatic carbocycles. The quantitative estimate of drug-likeness (QED) is 0.603. The van der Waals surface area contributed by atoms with E-state index in [9.17, 15) is 19.8 Å². The van der Waals surface area contributed by atoms with Crippen molar-refractivity contribution >= 4 is 11.6 Å². The van der Waals surface area contributed by atoms with Crippen LogP contribution < -0.4 is 9.47 Å². The molecule has 3 rings (SSSR count). The van der Waals surface area contributed by atoms with Crippen LogP contribution in [0.2, 0.25) is 0 Å². The summed E-state index contributed by atoms with van der Waals surface area (Å²) in [7, 11) is 2.91. The van der Waals surface area contributed by atoms with Gasteiger partial charge in [-0.25, -0.2) is 0 Å². The van der Waals surface area contributed by atoms with E-state index >= 15 is 0 Å². The highest BCUT2D eigenvalue weighted by atomic mass is 16.5. The maximum Gasteiger partial charge on any atom is 0.201 e. The van der Waals surface area contributed by atoms with Gasteiger partial charge in [0, 0.05) is 30.8 Å². The lowest BCUT2D eigenvalue weighted by atomic mass is 9.82. The van der Waals surface area contributed by atoms with E-state index in [0.29, 0.717) is 36.7 Å². The first kappa shape index (κ1) is 20.0. The number of hydrogen-bond acceptors (Lipinski definition) is 7. The van der Waals surface area contributed by atoms with Crippen molar-refractivity contribution in [2.24, 2.45) is 0 Å². The van der Waals surface area contributed by atoms with Crippen LogP contribution in [0.5, 0.6) is 11.5 Å². The zero-order valence-corrected chi connectivity index (χ0v) is 15.9. The van der Waals surface area contributed by atoms with Gasteiger partial charge in [0.05, 0.1) is 38.6 Å². The molecule has 0 atom stereocenters. The molecule has 0 saturated heterocycles. The van der Waals surface area contributed by atoms with Gasteiger partial charge in [0.15, 0.2) is 5.78 Å². The lowest BCUT2D eigenvalue weighted by Crippen LogP contribution is -2.30. The second kappa shape index (κ2) is 8.52. The fourth-order valence-electron chi connectivity index (χ4n) is 3.54. The Morgan fingerprint density at radius 3 is 2.11 bits per heavy atom. The van der Waals surface area contributed by atoms with Crippen molar-refractivity contribution in [3.63, 3.8) is 0 Å². The molecule has 0 spiro atoms. The molecule has 0 unspecified atom stereocenters. The first-order chi connectivity index (χ1) is 13.5. The Balaban J connectivity index is 2.09. The molecule has 2 aromatic rings. The molecule has 0 fully saturated rings. The summed E-state index contributed by atoms with van der Waals surface area (Å²) in [4.78, 5) is 28.1. The van der Waals surface area contributed by atoms with Crippen molar-refractivity contribution < 1.29 is 29.3 Å². The van der Waals surface area contributed by atoms with Crippen molar-refractivity contribution in [2.75, 3.05) is 40.5 Å². The number of ether oxygens (including phenoxy) is 2. The minimum absolute atomic E-state index is 0.0489. The standard InChI is InChI=1S/C21H23NO6/c1-27-16-5-3-4-14-18(16)21(26)19-15(20(14)25)10-13(11-17(19)28-2)12-22(6-8-23)7-9-24/h3-5,10-11,23-24H,6-9,12H2,1-2H3. The van der Waals surface area contributed by atoms with E-state index in [1.54, 1.807) is 30.3 Å². The summed E-state index contributed by atoms with van der Waals surface area (Å²) in [5.41, 5.74) is 1.82. The molecule has 0 aliphatic heterocycles. The largest absolute Gasteiger partial charge is 0.496 e. The van der Waals surface area contributed by atoms with Crippen molar-refractivity contribution in [3.8, 4) is 11.5 Å². The summed E-state index contributed by atoms with van der Waals surface area (Å²) in [5, 5.41) is 18.4. The number of ketones is 2. The molecule has 0 bridgehead atoms. The molecule has 0 amide bonds. The van der Waals surface area contributed by atoms with E-state index in [-0.39, 0.29) is 41.5 Å².